The molecule has 3 amide bonds. The Balaban J connectivity index is 2.75. The highest BCUT2D eigenvalue weighted by Crippen LogP contribution is 1.95. The number of carbonyl (C=O) groups is 3. The lowest BCUT2D eigenvalue weighted by Gasteiger charge is -2.34. The quantitative estimate of drug-likeness (QED) is 0.332. The predicted octanol–water partition coefficient (Wildman–Crippen LogP) is -4.04. The second-order valence-electron chi connectivity index (χ2n) is 4.91. The Bertz CT molecular complexity index is 351. The van der Waals surface area contributed by atoms with Gasteiger partial charge in [-0.05, 0) is 0 Å². The van der Waals surface area contributed by atoms with Gasteiger partial charge in [0.05, 0.1) is 13.1 Å². The third-order valence-corrected chi connectivity index (χ3v) is 3.53. The molecule has 132 valence electrons. The Morgan fingerprint density at radius 2 is 1.17 bits per heavy atom. The molecule has 12 nitrogen and oxygen atoms in total. The SMILES string of the molecule is NO[N-][NH+](O)N1CCN(C=O)CCN(C=O)CCN(C=O)CC1. The van der Waals surface area contributed by atoms with Gasteiger partial charge in [-0.1, -0.05) is 0 Å². The van der Waals surface area contributed by atoms with E-state index in [1.54, 1.807) is 0 Å². The van der Waals surface area contributed by atoms with E-state index < -0.39 is 5.28 Å². The second kappa shape index (κ2) is 10.8. The molecule has 0 aromatic heterocycles. The van der Waals surface area contributed by atoms with Gasteiger partial charge >= 0.3 is 0 Å². The molecule has 0 aliphatic carbocycles. The average Bonchev–Trinajstić information content (AvgIpc) is 2.55. The molecule has 0 bridgehead atoms. The first kappa shape index (κ1) is 19.2. The van der Waals surface area contributed by atoms with Crippen molar-refractivity contribution in [2.45, 2.75) is 0 Å². The summed E-state index contributed by atoms with van der Waals surface area (Å²) >= 11 is 0. The normalized spacial score (nSPS) is 20.3. The summed E-state index contributed by atoms with van der Waals surface area (Å²) in [4.78, 5) is 41.7. The lowest BCUT2D eigenvalue weighted by Crippen LogP contribution is -3.13. The molecule has 0 saturated carbocycles. The summed E-state index contributed by atoms with van der Waals surface area (Å²) in [5, 5.41) is 10.8. The predicted molar refractivity (Wildman–Crippen MR) is 75.9 cm³/mol. The van der Waals surface area contributed by atoms with Gasteiger partial charge in [-0.3, -0.25) is 14.4 Å². The molecule has 12 heteroatoms. The second-order valence-corrected chi connectivity index (χ2v) is 4.91. The summed E-state index contributed by atoms with van der Waals surface area (Å²) in [5.41, 5.74) is 3.25. The van der Waals surface area contributed by atoms with Crippen molar-refractivity contribution in [1.82, 2.24) is 19.7 Å². The van der Waals surface area contributed by atoms with Crippen molar-refractivity contribution >= 4 is 19.2 Å². The van der Waals surface area contributed by atoms with Gasteiger partial charge in [0.2, 0.25) is 19.2 Å². The lowest BCUT2D eigenvalue weighted by atomic mass is 10.4. The summed E-state index contributed by atoms with van der Waals surface area (Å²) in [6, 6.07) is 0. The van der Waals surface area contributed by atoms with Gasteiger partial charge in [-0.15, -0.1) is 5.01 Å². The minimum atomic E-state index is -0.434. The molecule has 1 rings (SSSR count). The number of nitrogens with two attached hydrogens (primary N) is 1. The van der Waals surface area contributed by atoms with E-state index in [1.165, 1.54) is 19.7 Å². The molecule has 1 aliphatic rings. The zero-order valence-electron chi connectivity index (χ0n) is 12.8. The van der Waals surface area contributed by atoms with E-state index in [-0.39, 0.29) is 13.1 Å². The highest BCUT2D eigenvalue weighted by Gasteiger charge is 2.18. The first-order valence-electron chi connectivity index (χ1n) is 7.10. The van der Waals surface area contributed by atoms with Crippen molar-refractivity contribution in [2.75, 3.05) is 52.4 Å². The summed E-state index contributed by atoms with van der Waals surface area (Å²) in [6.07, 6.45) is 2.05. The van der Waals surface area contributed by atoms with Gasteiger partial charge in [0.1, 0.15) is 0 Å². The average molecular weight is 333 g/mol. The molecule has 1 fully saturated rings. The molecule has 0 aromatic carbocycles. The lowest BCUT2D eigenvalue weighted by molar-refractivity contribution is -1.16. The molecule has 0 spiro atoms. The molecule has 1 heterocycles. The molecule has 1 saturated heterocycles. The van der Waals surface area contributed by atoms with Gasteiger partial charge < -0.3 is 19.6 Å². The van der Waals surface area contributed by atoms with Crippen molar-refractivity contribution in [1.29, 1.82) is 0 Å². The first-order chi connectivity index (χ1) is 11.1. The van der Waals surface area contributed by atoms with Gasteiger partial charge in [0, 0.05) is 39.3 Å². The molecule has 1 unspecified atom stereocenters. The van der Waals surface area contributed by atoms with E-state index in [0.717, 1.165) is 0 Å². The van der Waals surface area contributed by atoms with Crippen LogP contribution in [0.5, 0.6) is 0 Å². The molecule has 0 radical (unpaired) electrons. The summed E-state index contributed by atoms with van der Waals surface area (Å²) < 4.78 is 0. The van der Waals surface area contributed by atoms with Crippen LogP contribution in [-0.4, -0.2) is 96.5 Å². The Morgan fingerprint density at radius 1 is 0.826 bits per heavy atom. The fourth-order valence-corrected chi connectivity index (χ4v) is 2.08. The van der Waals surface area contributed by atoms with E-state index in [1.807, 2.05) is 0 Å². The molecule has 0 aromatic rings. The summed E-state index contributed by atoms with van der Waals surface area (Å²) in [5.74, 6) is 4.80. The number of quaternary nitrogens is 1. The topological polar surface area (TPSA) is 138 Å². The van der Waals surface area contributed by atoms with Gasteiger partial charge in [-0.2, -0.15) is 5.28 Å². The van der Waals surface area contributed by atoms with Crippen molar-refractivity contribution in [2.24, 2.45) is 5.90 Å². The Hall–Kier alpha value is -1.83. The molecule has 23 heavy (non-hydrogen) atoms. The minimum absolute atomic E-state index is 0.269. The maximum Gasteiger partial charge on any atom is 0.209 e. The van der Waals surface area contributed by atoms with Crippen LogP contribution in [0.2, 0.25) is 0 Å². The van der Waals surface area contributed by atoms with Gasteiger partial charge in [-0.25, -0.2) is 16.7 Å². The fourth-order valence-electron chi connectivity index (χ4n) is 2.08. The molecule has 1 aliphatic heterocycles. The van der Waals surface area contributed by atoms with E-state index in [2.05, 4.69) is 10.5 Å². The van der Waals surface area contributed by atoms with Gasteiger partial charge in [0.15, 0.2) is 0 Å². The molecular weight excluding hydrogens is 310 g/mol. The number of nitrogens with one attached hydrogen (secondary N) is 1. The van der Waals surface area contributed by atoms with Crippen LogP contribution in [0, 0.1) is 0 Å². The Labute approximate surface area is 133 Å². The first-order valence-corrected chi connectivity index (χ1v) is 7.10. The number of amides is 3. The van der Waals surface area contributed by atoms with Crippen LogP contribution in [0.25, 0.3) is 5.59 Å². The number of rotatable bonds is 6. The van der Waals surface area contributed by atoms with E-state index in [0.29, 0.717) is 58.5 Å². The van der Waals surface area contributed by atoms with Crippen molar-refractivity contribution in [3.05, 3.63) is 5.59 Å². The van der Waals surface area contributed by atoms with Crippen LogP contribution < -0.4 is 11.2 Å². The highest BCUT2D eigenvalue weighted by molar-refractivity contribution is 5.49. The maximum atomic E-state index is 11.1. The van der Waals surface area contributed by atoms with Crippen LogP contribution in [0.4, 0.5) is 0 Å². The van der Waals surface area contributed by atoms with Crippen LogP contribution in [0.1, 0.15) is 0 Å². The molecule has 1 atom stereocenters. The zero-order chi connectivity index (χ0) is 17.1. The Morgan fingerprint density at radius 3 is 1.48 bits per heavy atom. The number of hydrogen-bond acceptors (Lipinski definition) is 7. The maximum absolute atomic E-state index is 11.1. The number of nitrogens with zero attached hydrogens (tertiary/aromatic N) is 5. The van der Waals surface area contributed by atoms with Crippen molar-refractivity contribution in [3.63, 3.8) is 0 Å². The van der Waals surface area contributed by atoms with E-state index in [4.69, 9.17) is 5.90 Å². The van der Waals surface area contributed by atoms with E-state index >= 15 is 0 Å². The third-order valence-electron chi connectivity index (χ3n) is 3.53. The molecule has 4 N–H and O–H groups in total. The standard InChI is InChI=1S/C11H23N7O5/c12-23-13-18(22)17-7-5-15(10-20)3-1-14(9-19)2-4-16(11-21)6-8-17/h9-11,18,22H,1-8,12H2. The van der Waals surface area contributed by atoms with E-state index in [9.17, 15) is 19.6 Å². The number of hydrogen-bond donors (Lipinski definition) is 3. The zero-order valence-corrected chi connectivity index (χ0v) is 12.8. The summed E-state index contributed by atoms with van der Waals surface area (Å²) in [7, 11) is 0. The van der Waals surface area contributed by atoms with Crippen LogP contribution in [0.15, 0.2) is 0 Å². The minimum Gasteiger partial charge on any atom is -0.354 e. The van der Waals surface area contributed by atoms with Crippen LogP contribution in [-0.2, 0) is 19.3 Å². The summed E-state index contributed by atoms with van der Waals surface area (Å²) in [6.45, 7) is 2.58. The van der Waals surface area contributed by atoms with Crippen molar-refractivity contribution in [3.8, 4) is 0 Å². The fraction of sp³-hybridized carbons (Fsp3) is 0.727. The van der Waals surface area contributed by atoms with Crippen LogP contribution >= 0.6 is 0 Å². The highest BCUT2D eigenvalue weighted by atomic mass is 16.8. The van der Waals surface area contributed by atoms with Crippen LogP contribution in [0.3, 0.4) is 0 Å². The molecular formula is C11H23N7O5. The number of carbonyl (C=O) groups excluding carboxylic acids is 3. The Kier molecular flexibility index (Phi) is 9.04. The van der Waals surface area contributed by atoms with Gasteiger partial charge in [0.25, 0.3) is 0 Å². The smallest absolute Gasteiger partial charge is 0.209 e. The third kappa shape index (κ3) is 6.85. The monoisotopic (exact) mass is 333 g/mol. The van der Waals surface area contributed by atoms with Crippen molar-refractivity contribution < 1.29 is 29.8 Å². The largest absolute Gasteiger partial charge is 0.354 e.